The monoisotopic (exact) mass is 476 g/mol. The summed E-state index contributed by atoms with van der Waals surface area (Å²) in [5.41, 5.74) is 10.5. The highest BCUT2D eigenvalue weighted by Crippen LogP contribution is 2.45. The minimum atomic E-state index is -0.417. The number of aromatic nitrogens is 2. The third kappa shape index (κ3) is 4.26. The third-order valence-electron chi connectivity index (χ3n) is 7.00. The molecule has 1 saturated carbocycles. The number of H-pyrrole nitrogens is 1. The normalized spacial score (nSPS) is 16.7. The van der Waals surface area contributed by atoms with E-state index in [9.17, 15) is 9.18 Å². The molecule has 1 aromatic heterocycles. The van der Waals surface area contributed by atoms with Gasteiger partial charge in [0.15, 0.2) is 0 Å². The van der Waals surface area contributed by atoms with Gasteiger partial charge in [0, 0.05) is 0 Å². The number of carbonyl (C=O) groups excluding carboxylic acids is 1. The molecule has 36 heavy (non-hydrogen) atoms. The molecule has 0 atom stereocenters. The first-order valence-electron chi connectivity index (χ1n) is 12.2. The predicted octanol–water partition coefficient (Wildman–Crippen LogP) is 6.35. The van der Waals surface area contributed by atoms with Gasteiger partial charge in [0.1, 0.15) is 0 Å². The molecule has 1 aliphatic carbocycles. The average Bonchev–Trinajstić information content (AvgIpc) is 3.47. The molecule has 0 bridgehead atoms. The zero-order valence-electron chi connectivity index (χ0n) is 19.7. The zero-order chi connectivity index (χ0) is 24.5. The standard InChI is InChI=1S/C30H25FN4O/c31-30-25-17-23(14-16-26(25)33-35-30)29(28(21-7-4-8-21)20-5-2-1-3-6-20)22-12-9-19(10-13-22)11-15-24-18-27(36)34-32-24/h1-3,5-6,9-17,21H,4,7-8,18H2,(H,33,35)(H,34,36)/b15-11+,29-28-. The van der Waals surface area contributed by atoms with Crippen LogP contribution in [0.15, 0.2) is 84.0 Å². The maximum absolute atomic E-state index is 14.5. The minimum absolute atomic E-state index is 0.0877. The van der Waals surface area contributed by atoms with Crippen LogP contribution < -0.4 is 5.43 Å². The summed E-state index contributed by atoms with van der Waals surface area (Å²) in [6, 6.07) is 24.7. The van der Waals surface area contributed by atoms with Crippen LogP contribution >= 0.6 is 0 Å². The first-order chi connectivity index (χ1) is 17.7. The van der Waals surface area contributed by atoms with Crippen LogP contribution in [-0.2, 0) is 4.79 Å². The second kappa shape index (κ2) is 9.38. The van der Waals surface area contributed by atoms with Crippen LogP contribution in [0.25, 0.3) is 28.1 Å². The van der Waals surface area contributed by atoms with Crippen molar-refractivity contribution in [2.75, 3.05) is 0 Å². The van der Waals surface area contributed by atoms with Crippen molar-refractivity contribution in [3.05, 3.63) is 107 Å². The fourth-order valence-corrected chi connectivity index (χ4v) is 4.94. The second-order valence-corrected chi connectivity index (χ2v) is 9.32. The van der Waals surface area contributed by atoms with Crippen molar-refractivity contribution in [3.8, 4) is 0 Å². The van der Waals surface area contributed by atoms with Gasteiger partial charge in [-0.1, -0.05) is 73.2 Å². The molecule has 178 valence electrons. The summed E-state index contributed by atoms with van der Waals surface area (Å²) in [7, 11) is 0. The van der Waals surface area contributed by atoms with Crippen molar-refractivity contribution in [2.45, 2.75) is 25.7 Å². The number of hydrazone groups is 1. The summed E-state index contributed by atoms with van der Waals surface area (Å²) >= 11 is 0. The third-order valence-corrected chi connectivity index (χ3v) is 7.00. The Hall–Kier alpha value is -4.32. The average molecular weight is 477 g/mol. The molecule has 0 radical (unpaired) electrons. The first-order valence-corrected chi connectivity index (χ1v) is 12.2. The van der Waals surface area contributed by atoms with Crippen LogP contribution in [0.3, 0.4) is 0 Å². The molecule has 5 nitrogen and oxygen atoms in total. The Morgan fingerprint density at radius 2 is 1.69 bits per heavy atom. The summed E-state index contributed by atoms with van der Waals surface area (Å²) in [4.78, 5) is 11.4. The van der Waals surface area contributed by atoms with Gasteiger partial charge in [0.05, 0.1) is 23.0 Å². The van der Waals surface area contributed by atoms with Gasteiger partial charge in [-0.15, -0.1) is 0 Å². The van der Waals surface area contributed by atoms with Crippen LogP contribution in [0.2, 0.25) is 0 Å². The Labute approximate surface area is 208 Å². The van der Waals surface area contributed by atoms with E-state index in [-0.39, 0.29) is 5.91 Å². The molecule has 0 unspecified atom stereocenters. The smallest absolute Gasteiger partial charge is 0.246 e. The number of fused-ring (bicyclic) bond motifs is 1. The zero-order valence-corrected chi connectivity index (χ0v) is 19.7. The maximum Gasteiger partial charge on any atom is 0.246 e. The predicted molar refractivity (Wildman–Crippen MR) is 141 cm³/mol. The second-order valence-electron chi connectivity index (χ2n) is 9.32. The van der Waals surface area contributed by atoms with Gasteiger partial charge in [0.25, 0.3) is 0 Å². The van der Waals surface area contributed by atoms with E-state index < -0.39 is 5.95 Å². The number of aromatic amines is 1. The summed E-state index contributed by atoms with van der Waals surface area (Å²) < 4.78 is 14.5. The molecule has 0 saturated heterocycles. The quantitative estimate of drug-likeness (QED) is 0.318. The number of benzene rings is 3. The lowest BCUT2D eigenvalue weighted by Crippen LogP contribution is -2.15. The van der Waals surface area contributed by atoms with Gasteiger partial charge in [0.2, 0.25) is 11.9 Å². The minimum Gasteiger partial charge on any atom is -0.273 e. The molecule has 2 aliphatic rings. The van der Waals surface area contributed by atoms with E-state index in [1.54, 1.807) is 0 Å². The van der Waals surface area contributed by atoms with Crippen molar-refractivity contribution in [2.24, 2.45) is 11.0 Å². The van der Waals surface area contributed by atoms with Crippen LogP contribution in [0.4, 0.5) is 4.39 Å². The molecule has 1 amide bonds. The molecular weight excluding hydrogens is 451 g/mol. The molecule has 1 aliphatic heterocycles. The van der Waals surface area contributed by atoms with E-state index in [0.717, 1.165) is 40.8 Å². The molecular formula is C30H25FN4O. The van der Waals surface area contributed by atoms with Crippen molar-refractivity contribution in [3.63, 3.8) is 0 Å². The summed E-state index contributed by atoms with van der Waals surface area (Å²) in [5.74, 6) is -0.0492. The van der Waals surface area contributed by atoms with Gasteiger partial charge >= 0.3 is 0 Å². The van der Waals surface area contributed by atoms with Crippen molar-refractivity contribution >= 4 is 39.7 Å². The largest absolute Gasteiger partial charge is 0.273 e. The topological polar surface area (TPSA) is 70.1 Å². The van der Waals surface area contributed by atoms with E-state index >= 15 is 0 Å². The summed E-state index contributed by atoms with van der Waals surface area (Å²) in [6.07, 6.45) is 7.63. The highest BCUT2D eigenvalue weighted by molar-refractivity contribution is 6.12. The Bertz CT molecular complexity index is 1530. The van der Waals surface area contributed by atoms with E-state index in [0.29, 0.717) is 23.2 Å². The number of hydrogen-bond donors (Lipinski definition) is 2. The number of nitrogens with zero attached hydrogens (tertiary/aromatic N) is 2. The first kappa shape index (κ1) is 22.2. The number of amides is 1. The van der Waals surface area contributed by atoms with E-state index in [1.165, 1.54) is 17.6 Å². The van der Waals surface area contributed by atoms with Crippen LogP contribution in [0.5, 0.6) is 0 Å². The molecule has 3 aromatic carbocycles. The van der Waals surface area contributed by atoms with Gasteiger partial charge in [-0.05, 0) is 70.4 Å². The highest BCUT2D eigenvalue weighted by Gasteiger charge is 2.27. The lowest BCUT2D eigenvalue weighted by atomic mass is 9.73. The van der Waals surface area contributed by atoms with Gasteiger partial charge in [-0.2, -0.15) is 14.6 Å². The number of carbonyl (C=O) groups is 1. The van der Waals surface area contributed by atoms with Gasteiger partial charge in [-0.25, -0.2) is 5.43 Å². The SMILES string of the molecule is O=C1CC(/C=C/c2ccc(/C(=C(\c3ccccc3)C3CCC3)c3ccc4n[nH]c(F)c4c3)cc2)=NN1. The van der Waals surface area contributed by atoms with E-state index in [2.05, 4.69) is 69.3 Å². The lowest BCUT2D eigenvalue weighted by molar-refractivity contribution is -0.119. The fourth-order valence-electron chi connectivity index (χ4n) is 4.94. The van der Waals surface area contributed by atoms with Crippen molar-refractivity contribution < 1.29 is 9.18 Å². The molecule has 4 aromatic rings. The van der Waals surface area contributed by atoms with Gasteiger partial charge in [-0.3, -0.25) is 9.89 Å². The lowest BCUT2D eigenvalue weighted by Gasteiger charge is -2.31. The number of nitrogens with one attached hydrogen (secondary N) is 2. The number of hydrogen-bond acceptors (Lipinski definition) is 3. The van der Waals surface area contributed by atoms with Crippen LogP contribution in [-0.4, -0.2) is 21.8 Å². The van der Waals surface area contributed by atoms with Crippen molar-refractivity contribution in [1.29, 1.82) is 0 Å². The molecule has 2 heterocycles. The molecule has 6 rings (SSSR count). The highest BCUT2D eigenvalue weighted by atomic mass is 19.1. The number of halogens is 1. The number of allylic oxidation sites excluding steroid dienone is 2. The maximum atomic E-state index is 14.5. The Morgan fingerprint density at radius 1 is 0.917 bits per heavy atom. The van der Waals surface area contributed by atoms with Crippen molar-refractivity contribution in [1.82, 2.24) is 15.6 Å². The molecule has 0 spiro atoms. The Morgan fingerprint density at radius 3 is 2.39 bits per heavy atom. The van der Waals surface area contributed by atoms with E-state index in [1.807, 2.05) is 36.4 Å². The molecule has 1 fully saturated rings. The summed E-state index contributed by atoms with van der Waals surface area (Å²) in [6.45, 7) is 0. The fraction of sp³-hybridized carbons (Fsp3) is 0.167. The number of rotatable bonds is 6. The van der Waals surface area contributed by atoms with Crippen LogP contribution in [0, 0.1) is 11.9 Å². The molecule has 6 heteroatoms. The van der Waals surface area contributed by atoms with Crippen LogP contribution in [0.1, 0.15) is 47.9 Å². The van der Waals surface area contributed by atoms with Gasteiger partial charge < -0.3 is 0 Å². The summed E-state index contributed by atoms with van der Waals surface area (Å²) in [5, 5.41) is 11.0. The molecule has 2 N–H and O–H groups in total. The Kier molecular flexibility index (Phi) is 5.77. The van der Waals surface area contributed by atoms with E-state index in [4.69, 9.17) is 0 Å². The Balaban J connectivity index is 1.47.